The lowest BCUT2D eigenvalue weighted by Gasteiger charge is -2.13. The van der Waals surface area contributed by atoms with Gasteiger partial charge < -0.3 is 15.4 Å². The monoisotopic (exact) mass is 220 g/mol. The van der Waals surface area contributed by atoms with E-state index in [1.807, 2.05) is 18.2 Å². The number of ether oxygens (including phenoxy) is 1. The minimum absolute atomic E-state index is 0.000414. The fourth-order valence-corrected chi connectivity index (χ4v) is 1.64. The van der Waals surface area contributed by atoms with Gasteiger partial charge in [-0.25, -0.2) is 0 Å². The van der Waals surface area contributed by atoms with Crippen molar-refractivity contribution in [3.8, 4) is 5.75 Å². The van der Waals surface area contributed by atoms with Crippen LogP contribution in [0.5, 0.6) is 5.75 Å². The van der Waals surface area contributed by atoms with Crippen molar-refractivity contribution in [2.75, 3.05) is 17.2 Å². The Morgan fingerprint density at radius 1 is 1.44 bits per heavy atom. The van der Waals surface area contributed by atoms with E-state index in [1.165, 1.54) is 0 Å². The molecule has 0 atom stereocenters. The van der Waals surface area contributed by atoms with Gasteiger partial charge in [-0.2, -0.15) is 0 Å². The first kappa shape index (κ1) is 10.8. The topological polar surface area (TPSA) is 50.4 Å². The third-order valence-corrected chi connectivity index (χ3v) is 2.30. The van der Waals surface area contributed by atoms with Crippen molar-refractivity contribution >= 4 is 17.3 Å². The number of hydrogen-bond donors (Lipinski definition) is 2. The molecule has 1 aromatic rings. The predicted octanol–water partition coefficient (Wildman–Crippen LogP) is 2.23. The lowest BCUT2D eigenvalue weighted by molar-refractivity contribution is -0.116. The van der Waals surface area contributed by atoms with E-state index in [2.05, 4.69) is 24.5 Å². The van der Waals surface area contributed by atoms with E-state index in [0.29, 0.717) is 19.1 Å². The number of anilines is 2. The van der Waals surface area contributed by atoms with Gasteiger partial charge in [0.15, 0.2) is 0 Å². The van der Waals surface area contributed by atoms with Crippen LogP contribution in [0.4, 0.5) is 11.4 Å². The first-order valence-corrected chi connectivity index (χ1v) is 5.48. The number of nitrogens with one attached hydrogen (secondary N) is 2. The summed E-state index contributed by atoms with van der Waals surface area (Å²) in [6, 6.07) is 6.10. The van der Waals surface area contributed by atoms with E-state index in [4.69, 9.17) is 4.74 Å². The first-order valence-electron chi connectivity index (χ1n) is 5.48. The van der Waals surface area contributed by atoms with Gasteiger partial charge in [-0.3, -0.25) is 4.79 Å². The Morgan fingerprint density at radius 2 is 2.25 bits per heavy atom. The molecule has 1 aromatic carbocycles. The molecule has 86 valence electrons. The Balaban J connectivity index is 2.25. The summed E-state index contributed by atoms with van der Waals surface area (Å²) in [6.07, 6.45) is 0.404. The highest BCUT2D eigenvalue weighted by Gasteiger charge is 2.13. The van der Waals surface area contributed by atoms with Crippen LogP contribution in [0.1, 0.15) is 20.3 Å². The average Bonchev–Trinajstić information content (AvgIpc) is 2.37. The molecule has 0 aromatic heterocycles. The van der Waals surface area contributed by atoms with E-state index < -0.39 is 0 Å². The van der Waals surface area contributed by atoms with Gasteiger partial charge in [0.2, 0.25) is 5.91 Å². The minimum Gasteiger partial charge on any atom is -0.491 e. The summed E-state index contributed by atoms with van der Waals surface area (Å²) >= 11 is 0. The van der Waals surface area contributed by atoms with Gasteiger partial charge in [-0.15, -0.1) is 0 Å². The van der Waals surface area contributed by atoms with Crippen molar-refractivity contribution in [3.63, 3.8) is 0 Å². The Hall–Kier alpha value is -1.71. The molecule has 1 heterocycles. The van der Waals surface area contributed by atoms with Crippen molar-refractivity contribution in [2.24, 2.45) is 0 Å². The Kier molecular flexibility index (Phi) is 2.99. The SMILES string of the molecule is CC(C)Nc1ccc2c(c1)NC(=O)CCO2. The molecule has 1 amide bonds. The smallest absolute Gasteiger partial charge is 0.227 e. The fraction of sp³-hybridized carbons (Fsp3) is 0.417. The second kappa shape index (κ2) is 4.43. The van der Waals surface area contributed by atoms with Crippen LogP contribution in [0.3, 0.4) is 0 Å². The van der Waals surface area contributed by atoms with Crippen molar-refractivity contribution < 1.29 is 9.53 Å². The van der Waals surface area contributed by atoms with Crippen molar-refractivity contribution in [2.45, 2.75) is 26.3 Å². The van der Waals surface area contributed by atoms with Crippen LogP contribution in [0.15, 0.2) is 18.2 Å². The highest BCUT2D eigenvalue weighted by molar-refractivity contribution is 5.93. The van der Waals surface area contributed by atoms with E-state index >= 15 is 0 Å². The third kappa shape index (κ3) is 2.45. The predicted molar refractivity (Wildman–Crippen MR) is 63.9 cm³/mol. The summed E-state index contributed by atoms with van der Waals surface area (Å²) in [6.45, 7) is 4.58. The van der Waals surface area contributed by atoms with Crippen LogP contribution in [-0.2, 0) is 4.79 Å². The molecule has 0 saturated carbocycles. The van der Waals surface area contributed by atoms with Crippen LogP contribution in [0.25, 0.3) is 0 Å². The Morgan fingerprint density at radius 3 is 3.00 bits per heavy atom. The van der Waals surface area contributed by atoms with Gasteiger partial charge in [0.05, 0.1) is 18.7 Å². The van der Waals surface area contributed by atoms with E-state index in [0.717, 1.165) is 17.1 Å². The second-order valence-electron chi connectivity index (χ2n) is 4.16. The highest BCUT2D eigenvalue weighted by Crippen LogP contribution is 2.30. The number of benzene rings is 1. The molecule has 4 nitrogen and oxygen atoms in total. The van der Waals surface area contributed by atoms with E-state index in [-0.39, 0.29) is 5.91 Å². The molecule has 0 radical (unpaired) electrons. The van der Waals surface area contributed by atoms with Gasteiger partial charge in [-0.1, -0.05) is 0 Å². The van der Waals surface area contributed by atoms with Gasteiger partial charge in [0.1, 0.15) is 5.75 Å². The zero-order valence-electron chi connectivity index (χ0n) is 9.54. The number of hydrogen-bond acceptors (Lipinski definition) is 3. The fourth-order valence-electron chi connectivity index (χ4n) is 1.64. The Labute approximate surface area is 95.0 Å². The number of amides is 1. The summed E-state index contributed by atoms with van der Waals surface area (Å²) < 4.78 is 5.47. The highest BCUT2D eigenvalue weighted by atomic mass is 16.5. The standard InChI is InChI=1S/C12H16N2O2/c1-8(2)13-9-3-4-11-10(7-9)14-12(15)5-6-16-11/h3-4,7-8,13H,5-6H2,1-2H3,(H,14,15). The molecule has 0 fully saturated rings. The maximum absolute atomic E-state index is 11.4. The van der Waals surface area contributed by atoms with Crippen LogP contribution in [-0.4, -0.2) is 18.6 Å². The molecule has 0 spiro atoms. The van der Waals surface area contributed by atoms with Gasteiger partial charge >= 0.3 is 0 Å². The molecule has 2 rings (SSSR count). The molecule has 0 bridgehead atoms. The number of fused-ring (bicyclic) bond motifs is 1. The first-order chi connectivity index (χ1) is 7.65. The van der Waals surface area contributed by atoms with Crippen LogP contribution in [0, 0.1) is 0 Å². The molecule has 1 aliphatic rings. The lowest BCUT2D eigenvalue weighted by atomic mass is 10.2. The zero-order chi connectivity index (χ0) is 11.5. The van der Waals surface area contributed by atoms with Crippen LogP contribution >= 0.6 is 0 Å². The molecule has 0 saturated heterocycles. The van der Waals surface area contributed by atoms with E-state index in [9.17, 15) is 4.79 Å². The quantitative estimate of drug-likeness (QED) is 0.803. The zero-order valence-corrected chi connectivity index (χ0v) is 9.54. The number of carbonyl (C=O) groups is 1. The van der Waals surface area contributed by atoms with Crippen LogP contribution in [0.2, 0.25) is 0 Å². The molecule has 2 N–H and O–H groups in total. The summed E-state index contributed by atoms with van der Waals surface area (Å²) in [5, 5.41) is 6.12. The number of rotatable bonds is 2. The van der Waals surface area contributed by atoms with Crippen molar-refractivity contribution in [1.29, 1.82) is 0 Å². The average molecular weight is 220 g/mol. The van der Waals surface area contributed by atoms with Crippen molar-refractivity contribution in [1.82, 2.24) is 0 Å². The minimum atomic E-state index is 0.000414. The molecular formula is C12H16N2O2. The summed E-state index contributed by atoms with van der Waals surface area (Å²) in [4.78, 5) is 11.4. The number of carbonyl (C=O) groups excluding carboxylic acids is 1. The largest absolute Gasteiger partial charge is 0.491 e. The van der Waals surface area contributed by atoms with Gasteiger partial charge in [0.25, 0.3) is 0 Å². The van der Waals surface area contributed by atoms with Crippen molar-refractivity contribution in [3.05, 3.63) is 18.2 Å². The van der Waals surface area contributed by atoms with E-state index in [1.54, 1.807) is 0 Å². The lowest BCUT2D eigenvalue weighted by Crippen LogP contribution is -2.12. The summed E-state index contributed by atoms with van der Waals surface area (Å²) in [7, 11) is 0. The third-order valence-electron chi connectivity index (χ3n) is 2.30. The maximum Gasteiger partial charge on any atom is 0.227 e. The summed E-state index contributed by atoms with van der Waals surface area (Å²) in [5.74, 6) is 0.737. The molecule has 1 aliphatic heterocycles. The van der Waals surface area contributed by atoms with Gasteiger partial charge in [0, 0.05) is 11.7 Å². The molecular weight excluding hydrogens is 204 g/mol. The molecule has 4 heteroatoms. The summed E-state index contributed by atoms with van der Waals surface area (Å²) in [5.41, 5.74) is 1.73. The maximum atomic E-state index is 11.4. The molecule has 16 heavy (non-hydrogen) atoms. The normalized spacial score (nSPS) is 14.8. The van der Waals surface area contributed by atoms with Gasteiger partial charge in [-0.05, 0) is 32.0 Å². The second-order valence-corrected chi connectivity index (χ2v) is 4.16. The Bertz CT molecular complexity index is 402. The van der Waals surface area contributed by atoms with Crippen LogP contribution < -0.4 is 15.4 Å². The molecule has 0 aliphatic carbocycles. The molecule has 0 unspecified atom stereocenters.